The fourth-order valence-electron chi connectivity index (χ4n) is 6.56. The standard InChI is InChI=1S/C38H48FN9O2.HI/c1-7-46(8-2)31-13-10-27-20-28(38(49)50-37(27)22-31)11-12-30-21-36(47-18-16-44(5)17-19-47)32-23-33(39)34(24-35(32)45(30)6)40-25-29-26-48(42-41-29)15-9-14-43(3)4;/h10-13,20-24,26H,7-9,14-19,25H2,1-6H3;1H/b12-11+;. The Kier molecular flexibility index (Phi) is 12.7. The normalized spacial score (nSPS) is 13.8. The van der Waals surface area contributed by atoms with Crippen LogP contribution < -0.4 is 49.3 Å². The molecule has 1 aliphatic rings. The molecule has 1 N–H and O–H groups in total. The molecule has 5 aromatic rings. The number of pyridine rings is 1. The molecule has 0 spiro atoms. The number of aromatic nitrogens is 4. The molecule has 1 fully saturated rings. The topological polar surface area (TPSA) is 89.8 Å². The van der Waals surface area contributed by atoms with Crippen LogP contribution in [0, 0.1) is 5.82 Å². The second-order valence-corrected chi connectivity index (χ2v) is 13.4. The van der Waals surface area contributed by atoms with Gasteiger partial charge in [0.2, 0.25) is 11.2 Å². The van der Waals surface area contributed by atoms with Crippen LogP contribution in [0.15, 0.2) is 57.9 Å². The van der Waals surface area contributed by atoms with Crippen LogP contribution in [0.3, 0.4) is 0 Å². The van der Waals surface area contributed by atoms with Crippen molar-refractivity contribution in [2.45, 2.75) is 33.4 Å². The Hall–Kier alpha value is -4.08. The number of hydrogen-bond donors (Lipinski definition) is 1. The van der Waals surface area contributed by atoms with Gasteiger partial charge in [-0.2, -0.15) is 4.57 Å². The number of halogens is 2. The molecule has 1 aliphatic heterocycles. The van der Waals surface area contributed by atoms with E-state index in [0.29, 0.717) is 23.4 Å². The Morgan fingerprint density at radius 2 is 1.80 bits per heavy atom. The highest BCUT2D eigenvalue weighted by molar-refractivity contribution is 5.93. The van der Waals surface area contributed by atoms with Gasteiger partial charge in [0.15, 0.2) is 0 Å². The summed E-state index contributed by atoms with van der Waals surface area (Å²) in [5.74, 6) is -0.326. The van der Waals surface area contributed by atoms with E-state index in [0.717, 1.165) is 97.8 Å². The molecule has 6 rings (SSSR count). The van der Waals surface area contributed by atoms with Crippen molar-refractivity contribution in [3.05, 3.63) is 81.9 Å². The zero-order chi connectivity index (χ0) is 35.4. The third-order valence-electron chi connectivity index (χ3n) is 9.59. The van der Waals surface area contributed by atoms with Crippen LogP contribution in [0.1, 0.15) is 37.2 Å². The monoisotopic (exact) mass is 809 g/mol. The molecular weight excluding hydrogens is 760 g/mol. The fourth-order valence-corrected chi connectivity index (χ4v) is 6.56. The molecule has 272 valence electrons. The number of piperazine rings is 1. The zero-order valence-corrected chi connectivity index (χ0v) is 32.7. The third-order valence-corrected chi connectivity index (χ3v) is 9.59. The first-order chi connectivity index (χ1) is 24.1. The molecule has 0 saturated carbocycles. The highest BCUT2D eigenvalue weighted by Gasteiger charge is 2.24. The Morgan fingerprint density at radius 3 is 2.53 bits per heavy atom. The molecule has 11 nitrogen and oxygen atoms in total. The molecule has 1 saturated heterocycles. The summed E-state index contributed by atoms with van der Waals surface area (Å²) in [5.41, 5.74) is 5.51. The number of hydrogen-bond acceptors (Lipinski definition) is 9. The van der Waals surface area contributed by atoms with E-state index in [9.17, 15) is 4.79 Å². The van der Waals surface area contributed by atoms with Crippen molar-refractivity contribution in [3.63, 3.8) is 0 Å². The first-order valence-electron chi connectivity index (χ1n) is 17.5. The molecule has 2 aromatic carbocycles. The first-order valence-corrected chi connectivity index (χ1v) is 17.5. The number of benzene rings is 2. The number of rotatable bonds is 13. The zero-order valence-electron chi connectivity index (χ0n) is 30.5. The largest absolute Gasteiger partial charge is 1.00 e. The van der Waals surface area contributed by atoms with E-state index in [-0.39, 0.29) is 29.8 Å². The molecule has 0 amide bonds. The van der Waals surface area contributed by atoms with Gasteiger partial charge in [-0.15, -0.1) is 5.10 Å². The van der Waals surface area contributed by atoms with E-state index in [1.165, 1.54) is 0 Å². The average Bonchev–Trinajstić information content (AvgIpc) is 3.55. The van der Waals surface area contributed by atoms with Crippen molar-refractivity contribution in [1.82, 2.24) is 24.8 Å². The van der Waals surface area contributed by atoms with Gasteiger partial charge in [0.25, 0.3) is 0 Å². The van der Waals surface area contributed by atoms with E-state index >= 15 is 4.39 Å². The predicted octanol–water partition coefficient (Wildman–Crippen LogP) is 1.84. The number of nitrogens with one attached hydrogen (secondary N) is 1. The third kappa shape index (κ3) is 8.87. The molecule has 0 bridgehead atoms. The summed E-state index contributed by atoms with van der Waals surface area (Å²) in [4.78, 5) is 22.1. The molecule has 0 aliphatic carbocycles. The Balaban J connectivity index is 0.00000504. The molecule has 0 atom stereocenters. The van der Waals surface area contributed by atoms with Crippen LogP contribution in [0.25, 0.3) is 34.0 Å². The number of anilines is 3. The minimum absolute atomic E-state index is 0. The number of fused-ring (bicyclic) bond motifs is 2. The molecule has 13 heteroatoms. The van der Waals surface area contributed by atoms with Gasteiger partial charge < -0.3 is 53.3 Å². The van der Waals surface area contributed by atoms with Crippen molar-refractivity contribution in [2.75, 3.05) is 82.1 Å². The first kappa shape index (κ1) is 38.2. The average molecular weight is 810 g/mol. The van der Waals surface area contributed by atoms with Gasteiger partial charge in [-0.3, -0.25) is 4.68 Å². The van der Waals surface area contributed by atoms with Crippen molar-refractivity contribution >= 4 is 51.1 Å². The predicted molar refractivity (Wildman–Crippen MR) is 200 cm³/mol. The van der Waals surface area contributed by atoms with Gasteiger partial charge >= 0.3 is 5.63 Å². The molecular formula is C38H49FIN9O2. The second-order valence-electron chi connectivity index (χ2n) is 13.4. The van der Waals surface area contributed by atoms with Crippen LogP contribution >= 0.6 is 0 Å². The summed E-state index contributed by atoms with van der Waals surface area (Å²) in [7, 11) is 8.18. The van der Waals surface area contributed by atoms with Crippen LogP contribution in [0.5, 0.6) is 0 Å². The number of likely N-dealkylation sites (N-methyl/N-ethyl adjacent to an activating group) is 1. The van der Waals surface area contributed by atoms with E-state index in [2.05, 4.69) is 68.3 Å². The maximum Gasteiger partial charge on any atom is 0.343 e. The summed E-state index contributed by atoms with van der Waals surface area (Å²) < 4.78 is 25.4. The summed E-state index contributed by atoms with van der Waals surface area (Å²) in [6, 6.07) is 13.4. The van der Waals surface area contributed by atoms with Crippen molar-refractivity contribution in [2.24, 2.45) is 7.05 Å². The van der Waals surface area contributed by atoms with E-state index < -0.39 is 5.63 Å². The second kappa shape index (κ2) is 17.0. The van der Waals surface area contributed by atoms with Gasteiger partial charge in [0, 0.05) is 81.2 Å². The lowest BCUT2D eigenvalue weighted by Crippen LogP contribution is -3.00. The van der Waals surface area contributed by atoms with E-state index in [4.69, 9.17) is 4.42 Å². The van der Waals surface area contributed by atoms with Crippen molar-refractivity contribution in [1.29, 1.82) is 0 Å². The van der Waals surface area contributed by atoms with Crippen LogP contribution in [-0.2, 0) is 20.1 Å². The maximum absolute atomic E-state index is 15.8. The van der Waals surface area contributed by atoms with E-state index in [1.54, 1.807) is 6.07 Å². The lowest BCUT2D eigenvalue weighted by molar-refractivity contribution is -0.646. The number of nitrogens with zero attached hydrogens (tertiary/aromatic N) is 8. The summed E-state index contributed by atoms with van der Waals surface area (Å²) in [5, 5.41) is 13.5. The minimum Gasteiger partial charge on any atom is -1.00 e. The summed E-state index contributed by atoms with van der Waals surface area (Å²) in [6.07, 6.45) is 6.62. The maximum atomic E-state index is 15.8. The Morgan fingerprint density at radius 1 is 1.04 bits per heavy atom. The van der Waals surface area contributed by atoms with Crippen molar-refractivity contribution < 1.29 is 37.4 Å². The Labute approximate surface area is 316 Å². The highest BCUT2D eigenvalue weighted by Crippen LogP contribution is 2.31. The highest BCUT2D eigenvalue weighted by atomic mass is 127. The van der Waals surface area contributed by atoms with E-state index in [1.807, 2.05) is 73.0 Å². The van der Waals surface area contributed by atoms with Gasteiger partial charge in [-0.25, -0.2) is 9.18 Å². The van der Waals surface area contributed by atoms with Crippen LogP contribution in [0.4, 0.5) is 21.5 Å². The molecule has 3 aromatic heterocycles. The Bertz CT molecular complexity index is 2050. The molecule has 0 radical (unpaired) electrons. The summed E-state index contributed by atoms with van der Waals surface area (Å²) in [6.45, 7) is 11.5. The lowest BCUT2D eigenvalue weighted by Gasteiger charge is -2.34. The van der Waals surface area contributed by atoms with Crippen LogP contribution in [-0.4, -0.2) is 91.8 Å². The molecule has 4 heterocycles. The van der Waals surface area contributed by atoms with Gasteiger partial charge in [-0.1, -0.05) is 5.21 Å². The quantitative estimate of drug-likeness (QED) is 0.109. The SMILES string of the molecule is CCN(CC)c1ccc2cc(/C=C/c3cc(N4CCN(C)CC4)c4cc(F)c(NCc5cn(CCCN(C)C)nn5)cc4[n+]3C)c(=O)oc2c1.[I-]. The van der Waals surface area contributed by atoms with Crippen LogP contribution in [0.2, 0.25) is 0 Å². The van der Waals surface area contributed by atoms with Gasteiger partial charge in [0.1, 0.15) is 24.1 Å². The summed E-state index contributed by atoms with van der Waals surface area (Å²) >= 11 is 0. The molecule has 51 heavy (non-hydrogen) atoms. The van der Waals surface area contributed by atoms with Gasteiger partial charge in [0.05, 0.1) is 35.1 Å². The lowest BCUT2D eigenvalue weighted by atomic mass is 10.1. The smallest absolute Gasteiger partial charge is 0.343 e. The minimum atomic E-state index is -0.392. The van der Waals surface area contributed by atoms with Gasteiger partial charge in [-0.05, 0) is 78.3 Å². The molecule has 0 unspecified atom stereocenters. The number of aryl methyl sites for hydroxylation is 2. The fraction of sp³-hybridized carbons (Fsp3) is 0.421. The van der Waals surface area contributed by atoms with Crippen molar-refractivity contribution in [3.8, 4) is 0 Å².